The average molecular weight is 373 g/mol. The summed E-state index contributed by atoms with van der Waals surface area (Å²) in [6, 6.07) is 6.48. The van der Waals surface area contributed by atoms with Gasteiger partial charge in [0.1, 0.15) is 5.82 Å². The van der Waals surface area contributed by atoms with Crippen LogP contribution in [0.15, 0.2) is 39.5 Å². The molecule has 0 spiro atoms. The molecular formula is C13H15Br2N3. The standard InChI is InChI=1S/C13H15Br2N3/c1-2-16-12(8-13-17-5-6-18-13)10-7-9(14)3-4-11(10)15/h3-7,12,16H,2,8H2,1H3,(H,17,18). The summed E-state index contributed by atoms with van der Waals surface area (Å²) in [6.45, 7) is 3.03. The average Bonchev–Trinajstić information content (AvgIpc) is 2.85. The number of nitrogens with zero attached hydrogens (tertiary/aromatic N) is 1. The van der Waals surface area contributed by atoms with Gasteiger partial charge in [-0.25, -0.2) is 4.98 Å². The van der Waals surface area contributed by atoms with Crippen LogP contribution in [0.5, 0.6) is 0 Å². The third-order valence-corrected chi connectivity index (χ3v) is 3.95. The van der Waals surface area contributed by atoms with Crippen molar-refractivity contribution in [2.24, 2.45) is 0 Å². The monoisotopic (exact) mass is 371 g/mol. The second-order valence-electron chi connectivity index (χ2n) is 4.02. The molecule has 2 rings (SSSR count). The van der Waals surface area contributed by atoms with Gasteiger partial charge in [0.25, 0.3) is 0 Å². The first kappa shape index (κ1) is 13.8. The van der Waals surface area contributed by atoms with Crippen molar-refractivity contribution in [2.45, 2.75) is 19.4 Å². The van der Waals surface area contributed by atoms with Gasteiger partial charge in [-0.2, -0.15) is 0 Å². The maximum atomic E-state index is 4.29. The summed E-state index contributed by atoms with van der Waals surface area (Å²) < 4.78 is 2.20. The van der Waals surface area contributed by atoms with Crippen LogP contribution in [-0.2, 0) is 6.42 Å². The van der Waals surface area contributed by atoms with E-state index in [2.05, 4.69) is 66.2 Å². The van der Waals surface area contributed by atoms with E-state index in [1.807, 2.05) is 12.3 Å². The highest BCUT2D eigenvalue weighted by Crippen LogP contribution is 2.28. The lowest BCUT2D eigenvalue weighted by Crippen LogP contribution is -2.23. The van der Waals surface area contributed by atoms with Crippen molar-refractivity contribution in [2.75, 3.05) is 6.54 Å². The lowest BCUT2D eigenvalue weighted by molar-refractivity contribution is 0.537. The van der Waals surface area contributed by atoms with E-state index in [1.54, 1.807) is 6.20 Å². The molecule has 1 unspecified atom stereocenters. The first-order valence-corrected chi connectivity index (χ1v) is 7.46. The van der Waals surface area contributed by atoms with Gasteiger partial charge in [0.2, 0.25) is 0 Å². The van der Waals surface area contributed by atoms with Gasteiger partial charge in [0, 0.05) is 33.8 Å². The molecule has 0 radical (unpaired) electrons. The summed E-state index contributed by atoms with van der Waals surface area (Å²) in [4.78, 5) is 7.45. The molecule has 2 aromatic rings. The number of imidazole rings is 1. The summed E-state index contributed by atoms with van der Waals surface area (Å²) >= 11 is 7.14. The molecule has 5 heteroatoms. The molecule has 96 valence electrons. The number of aromatic amines is 1. The molecule has 0 amide bonds. The van der Waals surface area contributed by atoms with Crippen LogP contribution in [0.2, 0.25) is 0 Å². The molecule has 1 heterocycles. The third kappa shape index (κ3) is 3.43. The van der Waals surface area contributed by atoms with E-state index in [-0.39, 0.29) is 6.04 Å². The summed E-state index contributed by atoms with van der Waals surface area (Å²) in [6.07, 6.45) is 4.48. The predicted molar refractivity (Wildman–Crippen MR) is 80.6 cm³/mol. The van der Waals surface area contributed by atoms with Crippen molar-refractivity contribution in [1.29, 1.82) is 0 Å². The SMILES string of the molecule is CCNC(Cc1ncc[nH]1)c1cc(Br)ccc1Br. The molecule has 0 saturated heterocycles. The van der Waals surface area contributed by atoms with Crippen LogP contribution in [0.1, 0.15) is 24.4 Å². The number of likely N-dealkylation sites (N-methyl/N-ethyl adjacent to an activating group) is 1. The topological polar surface area (TPSA) is 40.7 Å². The molecule has 0 aliphatic rings. The highest BCUT2D eigenvalue weighted by molar-refractivity contribution is 9.11. The number of nitrogens with one attached hydrogen (secondary N) is 2. The molecule has 0 aliphatic heterocycles. The Morgan fingerprint density at radius 3 is 2.89 bits per heavy atom. The van der Waals surface area contributed by atoms with Crippen LogP contribution in [0.4, 0.5) is 0 Å². The van der Waals surface area contributed by atoms with Gasteiger partial charge in [-0.3, -0.25) is 0 Å². The highest BCUT2D eigenvalue weighted by Gasteiger charge is 2.15. The zero-order chi connectivity index (χ0) is 13.0. The number of aromatic nitrogens is 2. The molecular weight excluding hydrogens is 358 g/mol. The van der Waals surface area contributed by atoms with Gasteiger partial charge in [-0.1, -0.05) is 38.8 Å². The zero-order valence-corrected chi connectivity index (χ0v) is 13.3. The lowest BCUT2D eigenvalue weighted by atomic mass is 10.0. The Bertz CT molecular complexity index is 497. The van der Waals surface area contributed by atoms with Crippen LogP contribution >= 0.6 is 31.9 Å². The second-order valence-corrected chi connectivity index (χ2v) is 5.79. The van der Waals surface area contributed by atoms with Crippen LogP contribution in [0.25, 0.3) is 0 Å². The van der Waals surface area contributed by atoms with E-state index in [9.17, 15) is 0 Å². The van der Waals surface area contributed by atoms with E-state index in [0.717, 1.165) is 27.7 Å². The van der Waals surface area contributed by atoms with Gasteiger partial charge in [-0.05, 0) is 30.3 Å². The fourth-order valence-electron chi connectivity index (χ4n) is 1.92. The largest absolute Gasteiger partial charge is 0.349 e. The molecule has 3 nitrogen and oxygen atoms in total. The summed E-state index contributed by atoms with van der Waals surface area (Å²) in [5.74, 6) is 0.993. The molecule has 0 fully saturated rings. The number of halogens is 2. The zero-order valence-electron chi connectivity index (χ0n) is 10.1. The summed E-state index contributed by atoms with van der Waals surface area (Å²) in [5, 5.41) is 3.49. The van der Waals surface area contributed by atoms with Crippen molar-refractivity contribution in [3.63, 3.8) is 0 Å². The summed E-state index contributed by atoms with van der Waals surface area (Å²) in [5.41, 5.74) is 1.24. The van der Waals surface area contributed by atoms with E-state index < -0.39 is 0 Å². The second kappa shape index (κ2) is 6.50. The Kier molecular flexibility index (Phi) is 4.97. The number of H-pyrrole nitrogens is 1. The quantitative estimate of drug-likeness (QED) is 0.837. The number of hydrogen-bond acceptors (Lipinski definition) is 2. The Morgan fingerprint density at radius 2 is 2.22 bits per heavy atom. The van der Waals surface area contributed by atoms with Gasteiger partial charge in [-0.15, -0.1) is 0 Å². The Balaban J connectivity index is 2.26. The molecule has 0 bridgehead atoms. The molecule has 0 aliphatic carbocycles. The van der Waals surface area contributed by atoms with Crippen LogP contribution in [0.3, 0.4) is 0 Å². The van der Waals surface area contributed by atoms with E-state index in [4.69, 9.17) is 0 Å². The fraction of sp³-hybridized carbons (Fsp3) is 0.308. The van der Waals surface area contributed by atoms with E-state index in [1.165, 1.54) is 5.56 Å². The van der Waals surface area contributed by atoms with Crippen LogP contribution in [0, 0.1) is 0 Å². The first-order chi connectivity index (χ1) is 8.70. The van der Waals surface area contributed by atoms with Crippen LogP contribution in [-0.4, -0.2) is 16.5 Å². The molecule has 0 saturated carbocycles. The van der Waals surface area contributed by atoms with E-state index in [0.29, 0.717) is 0 Å². The number of benzene rings is 1. The Morgan fingerprint density at radius 1 is 1.39 bits per heavy atom. The van der Waals surface area contributed by atoms with Crippen molar-refractivity contribution in [3.05, 3.63) is 50.9 Å². The van der Waals surface area contributed by atoms with Gasteiger partial charge in [0.05, 0.1) is 0 Å². The highest BCUT2D eigenvalue weighted by atomic mass is 79.9. The minimum atomic E-state index is 0.244. The molecule has 1 aromatic carbocycles. The van der Waals surface area contributed by atoms with Crippen molar-refractivity contribution >= 4 is 31.9 Å². The van der Waals surface area contributed by atoms with Crippen molar-refractivity contribution in [3.8, 4) is 0 Å². The fourth-order valence-corrected chi connectivity index (χ4v) is 2.82. The van der Waals surface area contributed by atoms with Gasteiger partial charge >= 0.3 is 0 Å². The lowest BCUT2D eigenvalue weighted by Gasteiger charge is -2.19. The summed E-state index contributed by atoms with van der Waals surface area (Å²) in [7, 11) is 0. The molecule has 2 N–H and O–H groups in total. The number of hydrogen-bond donors (Lipinski definition) is 2. The maximum absolute atomic E-state index is 4.29. The first-order valence-electron chi connectivity index (χ1n) is 5.87. The van der Waals surface area contributed by atoms with Gasteiger partial charge in [0.15, 0.2) is 0 Å². The minimum Gasteiger partial charge on any atom is -0.349 e. The normalized spacial score (nSPS) is 12.6. The minimum absolute atomic E-state index is 0.244. The number of rotatable bonds is 5. The maximum Gasteiger partial charge on any atom is 0.107 e. The Hall–Kier alpha value is -0.650. The third-order valence-electron chi connectivity index (χ3n) is 2.74. The smallest absolute Gasteiger partial charge is 0.107 e. The molecule has 1 atom stereocenters. The predicted octanol–water partition coefficient (Wildman–Crippen LogP) is 3.83. The van der Waals surface area contributed by atoms with E-state index >= 15 is 0 Å². The molecule has 18 heavy (non-hydrogen) atoms. The molecule has 1 aromatic heterocycles. The van der Waals surface area contributed by atoms with Gasteiger partial charge < -0.3 is 10.3 Å². The van der Waals surface area contributed by atoms with Crippen molar-refractivity contribution < 1.29 is 0 Å². The van der Waals surface area contributed by atoms with Crippen LogP contribution < -0.4 is 5.32 Å². The van der Waals surface area contributed by atoms with Crippen molar-refractivity contribution in [1.82, 2.24) is 15.3 Å². The Labute approximate surface area is 124 Å².